The predicted molar refractivity (Wildman–Crippen MR) is 71.8 cm³/mol. The lowest BCUT2D eigenvalue weighted by Crippen LogP contribution is -2.45. The van der Waals surface area contributed by atoms with E-state index < -0.39 is 12.6 Å². The minimum atomic E-state index is -4.12. The monoisotopic (exact) mass is 312 g/mol. The maximum absolute atomic E-state index is 12.5. The molecule has 1 aliphatic rings. The third-order valence-electron chi connectivity index (χ3n) is 3.24. The molecule has 7 heteroatoms. The zero-order chi connectivity index (χ0) is 13.9. The third-order valence-corrected chi connectivity index (χ3v) is 4.70. The highest BCUT2D eigenvalue weighted by Crippen LogP contribution is 2.37. The quantitative estimate of drug-likeness (QED) is 0.912. The van der Waals surface area contributed by atoms with E-state index in [9.17, 15) is 13.2 Å². The Morgan fingerprint density at radius 2 is 2.05 bits per heavy atom. The molecule has 1 atom stereocenters. The standard InChI is InChI=1S/C12H16ClF3N2S/c13-9-2-8-19-11(9)10(1-3-12(14,15)16)18-6-4-17-5-7-18/h2,8,10,17H,1,3-7H2/t10-/m0/s1. The van der Waals surface area contributed by atoms with Gasteiger partial charge >= 0.3 is 6.18 Å². The first-order chi connectivity index (χ1) is 8.97. The Labute approximate surface area is 119 Å². The highest BCUT2D eigenvalue weighted by atomic mass is 35.5. The summed E-state index contributed by atoms with van der Waals surface area (Å²) < 4.78 is 37.4. The molecule has 1 aromatic heterocycles. The molecule has 2 nitrogen and oxygen atoms in total. The molecule has 0 aliphatic carbocycles. The first kappa shape index (κ1) is 15.1. The van der Waals surface area contributed by atoms with E-state index in [1.165, 1.54) is 11.3 Å². The molecule has 0 unspecified atom stereocenters. The van der Waals surface area contributed by atoms with E-state index in [0.717, 1.165) is 31.1 Å². The van der Waals surface area contributed by atoms with E-state index in [2.05, 4.69) is 10.2 Å². The van der Waals surface area contributed by atoms with Crippen molar-refractivity contribution in [1.29, 1.82) is 0 Å². The molecule has 0 spiro atoms. The van der Waals surface area contributed by atoms with Gasteiger partial charge in [-0.2, -0.15) is 13.2 Å². The van der Waals surface area contributed by atoms with Gasteiger partial charge in [-0.05, 0) is 17.9 Å². The van der Waals surface area contributed by atoms with Crippen molar-refractivity contribution in [2.45, 2.75) is 25.1 Å². The number of nitrogens with zero attached hydrogens (tertiary/aromatic N) is 1. The minimum Gasteiger partial charge on any atom is -0.314 e. The first-order valence-corrected chi connectivity index (χ1v) is 7.47. The van der Waals surface area contributed by atoms with E-state index in [1.54, 1.807) is 6.07 Å². The second-order valence-electron chi connectivity index (χ2n) is 4.59. The Hall–Kier alpha value is -0.300. The summed E-state index contributed by atoms with van der Waals surface area (Å²) in [6.07, 6.45) is -4.81. The molecule has 1 N–H and O–H groups in total. The number of piperazine rings is 1. The second-order valence-corrected chi connectivity index (χ2v) is 5.94. The molecule has 0 amide bonds. The van der Waals surface area contributed by atoms with Gasteiger partial charge in [-0.15, -0.1) is 11.3 Å². The number of rotatable bonds is 4. The third kappa shape index (κ3) is 4.34. The van der Waals surface area contributed by atoms with E-state index in [1.807, 2.05) is 5.38 Å². The van der Waals surface area contributed by atoms with Gasteiger partial charge in [0, 0.05) is 43.5 Å². The zero-order valence-electron chi connectivity index (χ0n) is 10.3. The summed E-state index contributed by atoms with van der Waals surface area (Å²) in [7, 11) is 0. The maximum Gasteiger partial charge on any atom is 0.389 e. The van der Waals surface area contributed by atoms with Crippen LogP contribution in [0.3, 0.4) is 0 Å². The molecule has 0 saturated carbocycles. The van der Waals surface area contributed by atoms with E-state index in [0.29, 0.717) is 5.02 Å². The summed E-state index contributed by atoms with van der Waals surface area (Å²) in [6.45, 7) is 3.14. The fraction of sp³-hybridized carbons (Fsp3) is 0.667. The predicted octanol–water partition coefficient (Wildman–Crippen LogP) is 3.69. The Bertz CT molecular complexity index is 402. The normalized spacial score (nSPS) is 19.6. The van der Waals surface area contributed by atoms with Gasteiger partial charge in [0.05, 0.1) is 5.02 Å². The Kier molecular flexibility index (Phi) is 5.11. The van der Waals surface area contributed by atoms with Crippen molar-refractivity contribution < 1.29 is 13.2 Å². The van der Waals surface area contributed by atoms with Crippen LogP contribution in [0.2, 0.25) is 5.02 Å². The van der Waals surface area contributed by atoms with Crippen molar-refractivity contribution in [3.05, 3.63) is 21.3 Å². The van der Waals surface area contributed by atoms with Gasteiger partial charge < -0.3 is 5.32 Å². The summed E-state index contributed by atoms with van der Waals surface area (Å²) in [5, 5.41) is 5.62. The van der Waals surface area contributed by atoms with Crippen LogP contribution >= 0.6 is 22.9 Å². The Balaban J connectivity index is 2.10. The van der Waals surface area contributed by atoms with Crippen LogP contribution in [0.15, 0.2) is 11.4 Å². The summed E-state index contributed by atoms with van der Waals surface area (Å²) in [5.41, 5.74) is 0. The smallest absolute Gasteiger partial charge is 0.314 e. The lowest BCUT2D eigenvalue weighted by Gasteiger charge is -2.35. The average Bonchev–Trinajstić information content (AvgIpc) is 2.76. The van der Waals surface area contributed by atoms with Crippen molar-refractivity contribution in [1.82, 2.24) is 10.2 Å². The number of hydrogen-bond acceptors (Lipinski definition) is 3. The molecular weight excluding hydrogens is 297 g/mol. The molecule has 19 heavy (non-hydrogen) atoms. The van der Waals surface area contributed by atoms with Crippen LogP contribution < -0.4 is 5.32 Å². The summed E-state index contributed by atoms with van der Waals surface area (Å²) >= 11 is 7.53. The maximum atomic E-state index is 12.5. The molecule has 0 bridgehead atoms. The first-order valence-electron chi connectivity index (χ1n) is 6.22. The Morgan fingerprint density at radius 1 is 1.37 bits per heavy atom. The lowest BCUT2D eigenvalue weighted by atomic mass is 10.1. The van der Waals surface area contributed by atoms with Crippen molar-refractivity contribution in [2.75, 3.05) is 26.2 Å². The molecule has 2 heterocycles. The van der Waals surface area contributed by atoms with Crippen molar-refractivity contribution in [2.24, 2.45) is 0 Å². The van der Waals surface area contributed by atoms with Gasteiger partial charge in [0.2, 0.25) is 0 Å². The van der Waals surface area contributed by atoms with Gasteiger partial charge in [-0.25, -0.2) is 0 Å². The van der Waals surface area contributed by atoms with Crippen LogP contribution in [-0.2, 0) is 0 Å². The van der Waals surface area contributed by atoms with E-state index in [-0.39, 0.29) is 12.5 Å². The molecule has 1 aliphatic heterocycles. The summed E-state index contributed by atoms with van der Waals surface area (Å²) in [5.74, 6) is 0. The number of nitrogens with one attached hydrogen (secondary N) is 1. The molecule has 1 aromatic rings. The molecule has 1 fully saturated rings. The summed E-state index contributed by atoms with van der Waals surface area (Å²) in [6, 6.07) is 1.53. The van der Waals surface area contributed by atoms with Crippen LogP contribution in [0.25, 0.3) is 0 Å². The molecule has 0 aromatic carbocycles. The van der Waals surface area contributed by atoms with Crippen LogP contribution in [0.1, 0.15) is 23.8 Å². The minimum absolute atomic E-state index is 0.0731. The number of hydrogen-bond donors (Lipinski definition) is 1. The van der Waals surface area contributed by atoms with Crippen LogP contribution in [0.5, 0.6) is 0 Å². The molecule has 0 radical (unpaired) electrons. The van der Waals surface area contributed by atoms with Gasteiger partial charge in [-0.3, -0.25) is 4.90 Å². The summed E-state index contributed by atoms with van der Waals surface area (Å²) in [4.78, 5) is 2.95. The van der Waals surface area contributed by atoms with Crippen molar-refractivity contribution in [3.63, 3.8) is 0 Å². The molecule has 108 valence electrons. The zero-order valence-corrected chi connectivity index (χ0v) is 11.9. The fourth-order valence-corrected chi connectivity index (χ4v) is 3.67. The molecule has 2 rings (SSSR count). The van der Waals surface area contributed by atoms with Crippen molar-refractivity contribution in [3.8, 4) is 0 Å². The fourth-order valence-electron chi connectivity index (χ4n) is 2.32. The van der Waals surface area contributed by atoms with E-state index >= 15 is 0 Å². The number of alkyl halides is 3. The SMILES string of the molecule is FC(F)(F)CC[C@@H](c1sccc1Cl)N1CCNCC1. The Morgan fingerprint density at radius 3 is 2.58 bits per heavy atom. The van der Waals surface area contributed by atoms with Gasteiger partial charge in [0.15, 0.2) is 0 Å². The average molecular weight is 313 g/mol. The van der Waals surface area contributed by atoms with Crippen LogP contribution in [-0.4, -0.2) is 37.3 Å². The van der Waals surface area contributed by atoms with Gasteiger partial charge in [-0.1, -0.05) is 11.6 Å². The highest BCUT2D eigenvalue weighted by molar-refractivity contribution is 7.10. The van der Waals surface area contributed by atoms with Crippen LogP contribution in [0, 0.1) is 0 Å². The van der Waals surface area contributed by atoms with Gasteiger partial charge in [0.25, 0.3) is 0 Å². The van der Waals surface area contributed by atoms with Crippen molar-refractivity contribution >= 4 is 22.9 Å². The highest BCUT2D eigenvalue weighted by Gasteiger charge is 2.32. The van der Waals surface area contributed by atoms with Crippen LogP contribution in [0.4, 0.5) is 13.2 Å². The largest absolute Gasteiger partial charge is 0.389 e. The van der Waals surface area contributed by atoms with Gasteiger partial charge in [0.1, 0.15) is 0 Å². The lowest BCUT2D eigenvalue weighted by molar-refractivity contribution is -0.138. The topological polar surface area (TPSA) is 15.3 Å². The molecule has 1 saturated heterocycles. The van der Waals surface area contributed by atoms with E-state index in [4.69, 9.17) is 11.6 Å². The molecular formula is C12H16ClF3N2S. The number of halogens is 4. The second kappa shape index (κ2) is 6.43. The number of thiophene rings is 1.